The van der Waals surface area contributed by atoms with Crippen LogP contribution in [0.25, 0.3) is 11.4 Å². The maximum Gasteiger partial charge on any atom is 0.410 e. The van der Waals surface area contributed by atoms with Crippen LogP contribution < -0.4 is 0 Å². The molecular weight excluding hydrogens is 362 g/mol. The quantitative estimate of drug-likeness (QED) is 0.654. The largest absolute Gasteiger partial charge is 0.445 e. The molecule has 0 aliphatic carbocycles. The summed E-state index contributed by atoms with van der Waals surface area (Å²) in [6.07, 6.45) is 2.42. The predicted molar refractivity (Wildman–Crippen MR) is 102 cm³/mol. The highest BCUT2D eigenvalue weighted by Crippen LogP contribution is 2.23. The first-order chi connectivity index (χ1) is 13.3. The second kappa shape index (κ2) is 8.35. The predicted octanol–water partition coefficient (Wildman–Crippen LogP) is 4.39. The zero-order valence-corrected chi connectivity index (χ0v) is 15.7. The molecule has 1 amide bonds. The number of hydrogen-bond acceptors (Lipinski definition) is 6. The highest BCUT2D eigenvalue weighted by molar-refractivity contribution is 7.08. The SMILES string of the molecule is O=C(OCc1ccccc1)N1CCCC(Cc2nc(-c3ccsc3)no2)C1. The fraction of sp³-hybridized carbons (Fsp3) is 0.350. The van der Waals surface area contributed by atoms with Gasteiger partial charge in [-0.1, -0.05) is 35.5 Å². The van der Waals surface area contributed by atoms with Crippen LogP contribution >= 0.6 is 11.3 Å². The lowest BCUT2D eigenvalue weighted by Gasteiger charge is -2.31. The lowest BCUT2D eigenvalue weighted by molar-refractivity contribution is 0.0780. The molecule has 3 aromatic rings. The van der Waals surface area contributed by atoms with Gasteiger partial charge >= 0.3 is 6.09 Å². The van der Waals surface area contributed by atoms with Crippen molar-refractivity contribution in [2.24, 2.45) is 5.92 Å². The molecular formula is C20H21N3O3S. The van der Waals surface area contributed by atoms with Crippen LogP contribution in [-0.2, 0) is 17.8 Å². The van der Waals surface area contributed by atoms with Crippen LogP contribution in [0.15, 0.2) is 51.7 Å². The average Bonchev–Trinajstić information content (AvgIpc) is 3.39. The van der Waals surface area contributed by atoms with Gasteiger partial charge in [0.2, 0.25) is 11.7 Å². The topological polar surface area (TPSA) is 68.5 Å². The fourth-order valence-electron chi connectivity index (χ4n) is 3.30. The third-order valence-electron chi connectivity index (χ3n) is 4.69. The van der Waals surface area contributed by atoms with Crippen molar-refractivity contribution >= 4 is 17.4 Å². The van der Waals surface area contributed by atoms with Crippen LogP contribution in [-0.4, -0.2) is 34.2 Å². The smallest absolute Gasteiger partial charge is 0.410 e. The van der Waals surface area contributed by atoms with Gasteiger partial charge in [0.15, 0.2) is 0 Å². The van der Waals surface area contributed by atoms with Crippen molar-refractivity contribution in [3.8, 4) is 11.4 Å². The van der Waals surface area contributed by atoms with E-state index in [0.717, 1.165) is 30.5 Å². The Morgan fingerprint density at radius 1 is 1.30 bits per heavy atom. The number of likely N-dealkylation sites (tertiary alicyclic amines) is 1. The van der Waals surface area contributed by atoms with Gasteiger partial charge in [-0.15, -0.1) is 0 Å². The van der Waals surface area contributed by atoms with Gasteiger partial charge in [0, 0.05) is 30.5 Å². The normalized spacial score (nSPS) is 17.0. The molecule has 0 radical (unpaired) electrons. The molecule has 0 N–H and O–H groups in total. The lowest BCUT2D eigenvalue weighted by atomic mass is 9.95. The Balaban J connectivity index is 1.31. The molecule has 1 aromatic carbocycles. The number of benzene rings is 1. The van der Waals surface area contributed by atoms with E-state index in [9.17, 15) is 4.79 Å². The standard InChI is InChI=1S/C20H21N3O3S/c24-20(25-13-15-5-2-1-3-6-15)23-9-4-7-16(12-23)11-18-21-19(22-26-18)17-8-10-27-14-17/h1-3,5-6,8,10,14,16H,4,7,9,11-13H2. The van der Waals surface area contributed by atoms with Crippen molar-refractivity contribution in [2.75, 3.05) is 13.1 Å². The highest BCUT2D eigenvalue weighted by Gasteiger charge is 2.26. The van der Waals surface area contributed by atoms with Crippen molar-refractivity contribution in [2.45, 2.75) is 25.9 Å². The summed E-state index contributed by atoms with van der Waals surface area (Å²) in [7, 11) is 0. The lowest BCUT2D eigenvalue weighted by Crippen LogP contribution is -2.40. The van der Waals surface area contributed by atoms with E-state index in [-0.39, 0.29) is 6.09 Å². The van der Waals surface area contributed by atoms with Crippen molar-refractivity contribution < 1.29 is 14.1 Å². The molecule has 6 nitrogen and oxygen atoms in total. The Morgan fingerprint density at radius 2 is 2.19 bits per heavy atom. The van der Waals surface area contributed by atoms with Crippen LogP contribution in [0.5, 0.6) is 0 Å². The molecule has 3 heterocycles. The van der Waals surface area contributed by atoms with Gasteiger partial charge < -0.3 is 14.2 Å². The average molecular weight is 383 g/mol. The molecule has 1 aliphatic rings. The number of rotatable bonds is 5. The summed E-state index contributed by atoms with van der Waals surface area (Å²) in [4.78, 5) is 18.7. The summed E-state index contributed by atoms with van der Waals surface area (Å²) >= 11 is 1.61. The molecule has 1 unspecified atom stereocenters. The highest BCUT2D eigenvalue weighted by atomic mass is 32.1. The van der Waals surface area contributed by atoms with E-state index >= 15 is 0 Å². The molecule has 2 aromatic heterocycles. The molecule has 0 saturated carbocycles. The summed E-state index contributed by atoms with van der Waals surface area (Å²) in [6, 6.07) is 11.7. The minimum absolute atomic E-state index is 0.256. The van der Waals surface area contributed by atoms with Gasteiger partial charge in [-0.25, -0.2) is 4.79 Å². The molecule has 7 heteroatoms. The van der Waals surface area contributed by atoms with E-state index in [1.165, 1.54) is 0 Å². The molecule has 0 spiro atoms. The third-order valence-corrected chi connectivity index (χ3v) is 5.38. The van der Waals surface area contributed by atoms with Crippen molar-refractivity contribution in [3.63, 3.8) is 0 Å². The van der Waals surface area contributed by atoms with Crippen LogP contribution in [0.2, 0.25) is 0 Å². The Kier molecular flexibility index (Phi) is 5.48. The minimum Gasteiger partial charge on any atom is -0.445 e. The summed E-state index contributed by atoms with van der Waals surface area (Å²) in [5.41, 5.74) is 1.97. The van der Waals surface area contributed by atoms with Crippen LogP contribution in [0.4, 0.5) is 4.79 Å². The maximum absolute atomic E-state index is 12.4. The Bertz CT molecular complexity index is 864. The van der Waals surface area contributed by atoms with Gasteiger partial charge in [-0.05, 0) is 35.8 Å². The number of nitrogens with zero attached hydrogens (tertiary/aromatic N) is 3. The monoisotopic (exact) mass is 383 g/mol. The molecule has 4 rings (SSSR count). The van der Waals surface area contributed by atoms with E-state index in [4.69, 9.17) is 9.26 Å². The van der Waals surface area contributed by atoms with Crippen molar-refractivity contribution in [1.82, 2.24) is 15.0 Å². The number of ether oxygens (including phenoxy) is 1. The van der Waals surface area contributed by atoms with Crippen LogP contribution in [0, 0.1) is 5.92 Å². The van der Waals surface area contributed by atoms with Crippen molar-refractivity contribution in [3.05, 3.63) is 58.6 Å². The van der Waals surface area contributed by atoms with Gasteiger partial charge in [0.1, 0.15) is 6.61 Å². The number of amides is 1. The number of piperidine rings is 1. The van der Waals surface area contributed by atoms with E-state index in [1.54, 1.807) is 16.2 Å². The summed E-state index contributed by atoms with van der Waals surface area (Å²) in [6.45, 7) is 1.69. The molecule has 0 bridgehead atoms. The molecule has 140 valence electrons. The van der Waals surface area contributed by atoms with E-state index in [0.29, 0.717) is 37.2 Å². The molecule has 1 aliphatic heterocycles. The van der Waals surface area contributed by atoms with Crippen molar-refractivity contribution in [1.29, 1.82) is 0 Å². The second-order valence-electron chi connectivity index (χ2n) is 6.72. The number of carbonyl (C=O) groups is 1. The Labute approximate surface area is 161 Å². The molecule has 27 heavy (non-hydrogen) atoms. The van der Waals surface area contributed by atoms with Crippen LogP contribution in [0.1, 0.15) is 24.3 Å². The zero-order chi connectivity index (χ0) is 18.5. The second-order valence-corrected chi connectivity index (χ2v) is 7.50. The number of carbonyl (C=O) groups excluding carboxylic acids is 1. The first-order valence-electron chi connectivity index (χ1n) is 9.09. The van der Waals surface area contributed by atoms with Gasteiger partial charge in [0.05, 0.1) is 0 Å². The van der Waals surface area contributed by atoms with E-state index in [2.05, 4.69) is 10.1 Å². The Hall–Kier alpha value is -2.67. The molecule has 1 saturated heterocycles. The van der Waals surface area contributed by atoms with Gasteiger partial charge in [-0.2, -0.15) is 16.3 Å². The van der Waals surface area contributed by atoms with E-state index < -0.39 is 0 Å². The minimum atomic E-state index is -0.256. The van der Waals surface area contributed by atoms with Crippen LogP contribution in [0.3, 0.4) is 0 Å². The summed E-state index contributed by atoms with van der Waals surface area (Å²) < 4.78 is 10.9. The van der Waals surface area contributed by atoms with Gasteiger partial charge in [-0.3, -0.25) is 0 Å². The first-order valence-corrected chi connectivity index (χ1v) is 10.0. The number of aromatic nitrogens is 2. The molecule has 1 fully saturated rings. The summed E-state index contributed by atoms with van der Waals surface area (Å²) in [5.74, 6) is 1.56. The Morgan fingerprint density at radius 3 is 3.00 bits per heavy atom. The molecule has 1 atom stereocenters. The zero-order valence-electron chi connectivity index (χ0n) is 14.9. The maximum atomic E-state index is 12.4. The van der Waals surface area contributed by atoms with Gasteiger partial charge in [0.25, 0.3) is 0 Å². The third kappa shape index (κ3) is 4.54. The number of hydrogen-bond donors (Lipinski definition) is 0. The fourth-order valence-corrected chi connectivity index (χ4v) is 3.94. The summed E-state index contributed by atoms with van der Waals surface area (Å²) in [5, 5.41) is 8.05. The number of thiophene rings is 1. The van der Waals surface area contributed by atoms with E-state index in [1.807, 2.05) is 47.2 Å². The first kappa shape index (κ1) is 17.7.